The molecule has 2 heterocycles. The van der Waals surface area contributed by atoms with E-state index in [1.54, 1.807) is 7.05 Å². The highest BCUT2D eigenvalue weighted by Crippen LogP contribution is 2.30. The van der Waals surface area contributed by atoms with Crippen LogP contribution < -0.4 is 38.6 Å². The zero-order valence-corrected chi connectivity index (χ0v) is 28.2. The van der Waals surface area contributed by atoms with Gasteiger partial charge in [0.05, 0.1) is 18.5 Å². The van der Waals surface area contributed by atoms with Gasteiger partial charge in [0.1, 0.15) is 23.5 Å². The van der Waals surface area contributed by atoms with Gasteiger partial charge in [0.2, 0.25) is 5.91 Å². The van der Waals surface area contributed by atoms with Crippen LogP contribution in [0.4, 0.5) is 5.82 Å². The number of fused-ring (bicyclic) bond motifs is 3. The second-order valence-corrected chi connectivity index (χ2v) is 12.0. The van der Waals surface area contributed by atoms with E-state index in [2.05, 4.69) is 62.4 Å². The lowest BCUT2D eigenvalue weighted by Crippen LogP contribution is -2.47. The second kappa shape index (κ2) is 18.2. The van der Waals surface area contributed by atoms with Gasteiger partial charge in [-0.25, -0.2) is 20.9 Å². The summed E-state index contributed by atoms with van der Waals surface area (Å²) in [5.74, 6) is 7.23. The standard InChI is InChI=1S/C33H51N13O2/c1-22(20-39-29(48)21-40-28(47)19-34)37-13-7-15-45(2)16-8-14-38-32-30-25-12-11-24(31(35)44-46(3)36)18-26(25)41-33(30)43-27(42-32)17-23-9-5-4-6-10-23/h4-6,9-12,18,22,29,37,39,48H,7-8,13-17,19-21,34,36H2,1-3H3,(H2,35,44)(H,40,47)(H2,38,41,42,43). The van der Waals surface area contributed by atoms with E-state index in [4.69, 9.17) is 27.3 Å². The third kappa shape index (κ3) is 11.1. The van der Waals surface area contributed by atoms with Gasteiger partial charge < -0.3 is 42.4 Å². The van der Waals surface area contributed by atoms with E-state index in [-0.39, 0.29) is 25.0 Å². The number of aliphatic hydroxyl groups is 1. The molecule has 0 fully saturated rings. The van der Waals surface area contributed by atoms with Crippen LogP contribution in [0.15, 0.2) is 53.6 Å². The maximum absolute atomic E-state index is 11.2. The number of amides is 1. The Kier molecular flexibility index (Phi) is 13.9. The molecule has 15 heteroatoms. The van der Waals surface area contributed by atoms with E-state index in [1.807, 2.05) is 36.4 Å². The average Bonchev–Trinajstić information content (AvgIpc) is 3.44. The zero-order chi connectivity index (χ0) is 34.5. The first-order chi connectivity index (χ1) is 23.1. The Morgan fingerprint density at radius 3 is 2.52 bits per heavy atom. The van der Waals surface area contributed by atoms with Crippen molar-refractivity contribution in [1.29, 1.82) is 0 Å². The summed E-state index contributed by atoms with van der Waals surface area (Å²) < 4.78 is 0. The molecule has 15 nitrogen and oxygen atoms in total. The largest absolute Gasteiger partial charge is 0.382 e. The number of anilines is 1. The predicted molar refractivity (Wildman–Crippen MR) is 192 cm³/mol. The van der Waals surface area contributed by atoms with E-state index >= 15 is 0 Å². The summed E-state index contributed by atoms with van der Waals surface area (Å²) in [4.78, 5) is 26.9. The molecule has 0 saturated carbocycles. The summed E-state index contributed by atoms with van der Waals surface area (Å²) in [6.45, 7) is 6.17. The predicted octanol–water partition coefficient (Wildman–Crippen LogP) is 0.213. The van der Waals surface area contributed by atoms with Crippen LogP contribution in [0.2, 0.25) is 0 Å². The molecule has 1 amide bonds. The van der Waals surface area contributed by atoms with Crippen molar-refractivity contribution >= 4 is 39.5 Å². The number of H-pyrrole nitrogens is 1. The van der Waals surface area contributed by atoms with E-state index < -0.39 is 6.23 Å². The molecule has 260 valence electrons. The highest BCUT2D eigenvalue weighted by molar-refractivity contribution is 6.13. The van der Waals surface area contributed by atoms with Gasteiger partial charge in [-0.05, 0) is 58.1 Å². The SMILES string of the molecule is CC(CNC(O)CNC(=O)CN)NCCCN(C)CCCNc1nc(Cc2ccccc2)nc2[nH]c3cc(/C(N)=N/N(C)N)ccc3c12. The van der Waals surface area contributed by atoms with Gasteiger partial charge in [-0.1, -0.05) is 42.5 Å². The van der Waals surface area contributed by atoms with Crippen LogP contribution in [0.5, 0.6) is 0 Å². The van der Waals surface area contributed by atoms with Gasteiger partial charge in [-0.2, -0.15) is 0 Å². The topological polar surface area (TPSA) is 224 Å². The summed E-state index contributed by atoms with van der Waals surface area (Å²) >= 11 is 0. The average molecular weight is 662 g/mol. The van der Waals surface area contributed by atoms with Gasteiger partial charge in [-0.3, -0.25) is 10.1 Å². The number of hydrazine groups is 1. The Hall–Kier alpha value is -4.38. The van der Waals surface area contributed by atoms with Crippen LogP contribution in [-0.4, -0.2) is 114 Å². The Balaban J connectivity index is 1.30. The molecule has 0 aliphatic heterocycles. The van der Waals surface area contributed by atoms with Crippen molar-refractivity contribution in [2.45, 2.75) is 38.5 Å². The molecule has 0 bridgehead atoms. The highest BCUT2D eigenvalue weighted by Gasteiger charge is 2.16. The lowest BCUT2D eigenvalue weighted by Gasteiger charge is -2.20. The molecule has 0 saturated heterocycles. The van der Waals surface area contributed by atoms with E-state index in [0.717, 1.165) is 83.7 Å². The molecular formula is C33H51N13O2. The number of carbonyl (C=O) groups is 1. The first-order valence-corrected chi connectivity index (χ1v) is 16.4. The highest BCUT2D eigenvalue weighted by atomic mass is 16.3. The molecule has 4 rings (SSSR count). The fourth-order valence-electron chi connectivity index (χ4n) is 5.32. The quantitative estimate of drug-likeness (QED) is 0.0155. The van der Waals surface area contributed by atoms with Crippen LogP contribution in [0.1, 0.15) is 36.7 Å². The number of hydrogen-bond donors (Lipinski definition) is 9. The molecule has 4 aromatic rings. The zero-order valence-electron chi connectivity index (χ0n) is 28.2. The van der Waals surface area contributed by atoms with Crippen molar-refractivity contribution in [3.63, 3.8) is 0 Å². The number of hydrogen-bond acceptors (Lipinski definition) is 12. The van der Waals surface area contributed by atoms with Gasteiger partial charge >= 0.3 is 0 Å². The van der Waals surface area contributed by atoms with Crippen LogP contribution >= 0.6 is 0 Å². The summed E-state index contributed by atoms with van der Waals surface area (Å²) in [5, 5.41) is 29.8. The third-order valence-electron chi connectivity index (χ3n) is 7.82. The third-order valence-corrected chi connectivity index (χ3v) is 7.82. The van der Waals surface area contributed by atoms with Gasteiger partial charge in [0, 0.05) is 49.1 Å². The van der Waals surface area contributed by atoms with Crippen LogP contribution in [-0.2, 0) is 11.2 Å². The van der Waals surface area contributed by atoms with Crippen molar-refractivity contribution in [2.75, 3.05) is 65.2 Å². The Morgan fingerprint density at radius 2 is 1.79 bits per heavy atom. The molecule has 0 spiro atoms. The molecule has 2 aromatic heterocycles. The molecule has 0 aliphatic carbocycles. The summed E-state index contributed by atoms with van der Waals surface area (Å²) in [6.07, 6.45) is 1.74. The fraction of sp³-hybridized carbons (Fsp3) is 0.455. The number of carbonyl (C=O) groups excluding carboxylic acids is 1. The molecule has 48 heavy (non-hydrogen) atoms. The number of aliphatic hydroxyl groups excluding tert-OH is 1. The van der Waals surface area contributed by atoms with Crippen LogP contribution in [0.3, 0.4) is 0 Å². The van der Waals surface area contributed by atoms with Crippen molar-refractivity contribution < 1.29 is 9.90 Å². The second-order valence-electron chi connectivity index (χ2n) is 12.0. The van der Waals surface area contributed by atoms with Crippen LogP contribution in [0.25, 0.3) is 21.9 Å². The number of nitrogens with two attached hydrogens (primary N) is 3. The smallest absolute Gasteiger partial charge is 0.233 e. The number of benzene rings is 2. The molecule has 0 aliphatic rings. The maximum Gasteiger partial charge on any atom is 0.233 e. The van der Waals surface area contributed by atoms with Gasteiger partial charge in [-0.15, -0.1) is 5.10 Å². The minimum Gasteiger partial charge on any atom is -0.382 e. The molecule has 2 aromatic carbocycles. The molecule has 2 atom stereocenters. The number of aromatic nitrogens is 3. The number of hydrazone groups is 1. The first-order valence-electron chi connectivity index (χ1n) is 16.4. The molecule has 12 N–H and O–H groups in total. The number of nitrogens with one attached hydrogen (secondary N) is 5. The van der Waals surface area contributed by atoms with E-state index in [9.17, 15) is 9.90 Å². The number of aromatic amines is 1. The first kappa shape index (κ1) is 36.5. The molecular weight excluding hydrogens is 610 g/mol. The number of nitrogens with zero attached hydrogens (tertiary/aromatic N) is 5. The Morgan fingerprint density at radius 1 is 1.04 bits per heavy atom. The monoisotopic (exact) mass is 661 g/mol. The minimum absolute atomic E-state index is 0.0921. The molecule has 0 radical (unpaired) electrons. The fourth-order valence-corrected chi connectivity index (χ4v) is 5.32. The lowest BCUT2D eigenvalue weighted by molar-refractivity contribution is -0.120. The Bertz CT molecular complexity index is 1630. The van der Waals surface area contributed by atoms with E-state index in [1.165, 1.54) is 5.12 Å². The Labute approximate surface area is 281 Å². The van der Waals surface area contributed by atoms with Crippen molar-refractivity contribution in [3.05, 3.63) is 65.5 Å². The minimum atomic E-state index is -0.814. The van der Waals surface area contributed by atoms with Crippen molar-refractivity contribution in [3.8, 4) is 0 Å². The van der Waals surface area contributed by atoms with Crippen molar-refractivity contribution in [2.24, 2.45) is 22.4 Å². The maximum atomic E-state index is 11.2. The molecule has 2 unspecified atom stereocenters. The van der Waals surface area contributed by atoms with Crippen molar-refractivity contribution in [1.82, 2.24) is 40.9 Å². The number of amidine groups is 1. The van der Waals surface area contributed by atoms with Crippen LogP contribution in [0, 0.1) is 0 Å². The van der Waals surface area contributed by atoms with E-state index in [0.29, 0.717) is 18.8 Å². The van der Waals surface area contributed by atoms with Gasteiger partial charge in [0.25, 0.3) is 0 Å². The summed E-state index contributed by atoms with van der Waals surface area (Å²) in [6, 6.07) is 16.3. The van der Waals surface area contributed by atoms with Gasteiger partial charge in [0.15, 0.2) is 5.84 Å². The normalized spacial score (nSPS) is 13.3. The summed E-state index contributed by atoms with van der Waals surface area (Å²) in [5.41, 5.74) is 15.0. The number of rotatable bonds is 20. The lowest BCUT2D eigenvalue weighted by atomic mass is 10.1. The summed E-state index contributed by atoms with van der Waals surface area (Å²) in [7, 11) is 3.75.